The van der Waals surface area contributed by atoms with Crippen LogP contribution in [-0.4, -0.2) is 73.4 Å². The van der Waals surface area contributed by atoms with Gasteiger partial charge in [0.2, 0.25) is 5.91 Å². The number of rotatable bonds is 45. The molecule has 360 valence electrons. The maximum absolute atomic E-state index is 12.9. The van der Waals surface area contributed by atoms with Crippen LogP contribution in [0.25, 0.3) is 0 Å². The number of carbonyl (C=O) groups excluding carboxylic acids is 1. The highest BCUT2D eigenvalue weighted by Crippen LogP contribution is 2.43. The van der Waals surface area contributed by atoms with Crippen LogP contribution < -0.4 is 5.32 Å². The van der Waals surface area contributed by atoms with Gasteiger partial charge in [-0.25, -0.2) is 4.57 Å². The molecule has 0 bridgehead atoms. The second-order valence-electron chi connectivity index (χ2n) is 18.2. The molecule has 0 rings (SSSR count). The number of nitrogens with zero attached hydrogens (tertiary/aromatic N) is 1. The summed E-state index contributed by atoms with van der Waals surface area (Å²) in [5.74, 6) is -0.192. The first-order chi connectivity index (χ1) is 30.0. The molecule has 3 unspecified atom stereocenters. The van der Waals surface area contributed by atoms with E-state index in [1.54, 1.807) is 6.08 Å². The van der Waals surface area contributed by atoms with E-state index in [2.05, 4.69) is 79.9 Å². The molecular formula is C53H98N2O6P+. The summed E-state index contributed by atoms with van der Waals surface area (Å²) in [4.78, 5) is 23.2. The minimum Gasteiger partial charge on any atom is -0.387 e. The monoisotopic (exact) mass is 890 g/mol. The molecule has 0 aromatic carbocycles. The fourth-order valence-electron chi connectivity index (χ4n) is 6.93. The summed E-state index contributed by atoms with van der Waals surface area (Å²) in [7, 11) is 1.55. The number of allylic oxidation sites excluding steroid dienone is 11. The summed E-state index contributed by atoms with van der Waals surface area (Å²) in [5.41, 5.74) is 0. The number of unbranched alkanes of at least 4 members (excludes halogenated alkanes) is 22. The van der Waals surface area contributed by atoms with Crippen LogP contribution in [0, 0.1) is 0 Å². The van der Waals surface area contributed by atoms with Crippen LogP contribution in [0.4, 0.5) is 0 Å². The molecule has 1 amide bonds. The molecule has 3 N–H and O–H groups in total. The van der Waals surface area contributed by atoms with E-state index in [1.165, 1.54) is 122 Å². The standard InChI is InChI=1S/C53H97N2O6P/c1-6-8-10-12-14-16-18-20-22-23-24-25-26-27-28-29-30-31-33-35-37-39-41-43-45-47-53(57)54-51(50-61-62(58,59)60-49-48-55(3,4)5)52(56)46-44-42-40-38-36-34-32-21-19-17-15-13-11-9-7-2/h8,10,14,16,20,22,24-25,36,38,44,46,51-52,56H,6-7,9,11-13,15,17-19,21,23,26-35,37,39-43,45,47-50H2,1-5H3,(H-,54,57,58,59)/p+1/b10-8-,16-14-,22-20-,25-24-,38-36+,46-44+. The quantitative estimate of drug-likeness (QED) is 0.0243. The van der Waals surface area contributed by atoms with Gasteiger partial charge in [-0.1, -0.05) is 202 Å². The molecule has 0 saturated heterocycles. The molecule has 0 spiro atoms. The van der Waals surface area contributed by atoms with Crippen molar-refractivity contribution in [1.82, 2.24) is 5.32 Å². The second kappa shape index (κ2) is 44.2. The number of aliphatic hydroxyl groups is 1. The van der Waals surface area contributed by atoms with Crippen molar-refractivity contribution in [2.75, 3.05) is 40.9 Å². The molecule has 0 aliphatic carbocycles. The van der Waals surface area contributed by atoms with Crippen LogP contribution in [-0.2, 0) is 18.4 Å². The Hall–Kier alpha value is -2.06. The van der Waals surface area contributed by atoms with Crippen molar-refractivity contribution in [3.8, 4) is 0 Å². The lowest BCUT2D eigenvalue weighted by molar-refractivity contribution is -0.870. The molecule has 0 aliphatic rings. The SMILES string of the molecule is CC/C=C\C/C=C\C/C=C\C/C=C\CCCCCCCCCCCCCCC(=O)NC(COP(=O)(O)OCC[N+](C)(C)C)C(O)/C=C/CC/C=C/CCCCCCCCCCC. The Balaban J connectivity index is 4.30. The molecule has 0 aromatic rings. The summed E-state index contributed by atoms with van der Waals surface area (Å²) < 4.78 is 23.6. The largest absolute Gasteiger partial charge is 0.472 e. The molecule has 0 aromatic heterocycles. The van der Waals surface area contributed by atoms with Crippen LogP contribution in [0.5, 0.6) is 0 Å². The van der Waals surface area contributed by atoms with E-state index in [9.17, 15) is 19.4 Å². The van der Waals surface area contributed by atoms with Crippen molar-refractivity contribution in [1.29, 1.82) is 0 Å². The average molecular weight is 890 g/mol. The van der Waals surface area contributed by atoms with E-state index in [4.69, 9.17) is 9.05 Å². The molecule has 0 fully saturated rings. The van der Waals surface area contributed by atoms with E-state index in [0.717, 1.165) is 64.2 Å². The highest BCUT2D eigenvalue weighted by Gasteiger charge is 2.27. The number of hydrogen-bond acceptors (Lipinski definition) is 5. The van der Waals surface area contributed by atoms with E-state index < -0.39 is 20.0 Å². The lowest BCUT2D eigenvalue weighted by Gasteiger charge is -2.25. The highest BCUT2D eigenvalue weighted by atomic mass is 31.2. The van der Waals surface area contributed by atoms with Crippen LogP contribution in [0.1, 0.15) is 206 Å². The first-order valence-corrected chi connectivity index (χ1v) is 26.8. The Morgan fingerprint density at radius 2 is 0.984 bits per heavy atom. The Morgan fingerprint density at radius 3 is 1.48 bits per heavy atom. The van der Waals surface area contributed by atoms with Gasteiger partial charge >= 0.3 is 7.82 Å². The minimum absolute atomic E-state index is 0.0532. The van der Waals surface area contributed by atoms with Gasteiger partial charge in [-0.05, 0) is 70.6 Å². The normalized spacial score (nSPS) is 14.8. The number of phosphoric acid groups is 1. The van der Waals surface area contributed by atoms with Crippen molar-refractivity contribution in [3.05, 3.63) is 72.9 Å². The Morgan fingerprint density at radius 1 is 0.565 bits per heavy atom. The third-order valence-corrected chi connectivity index (χ3v) is 11.9. The summed E-state index contributed by atoms with van der Waals surface area (Å²) >= 11 is 0. The molecule has 3 atom stereocenters. The van der Waals surface area contributed by atoms with Gasteiger partial charge in [0, 0.05) is 6.42 Å². The van der Waals surface area contributed by atoms with Crippen molar-refractivity contribution < 1.29 is 32.9 Å². The maximum Gasteiger partial charge on any atom is 0.472 e. The summed E-state index contributed by atoms with van der Waals surface area (Å²) in [5, 5.41) is 13.8. The number of hydrogen-bond donors (Lipinski definition) is 3. The first-order valence-electron chi connectivity index (χ1n) is 25.3. The van der Waals surface area contributed by atoms with Crippen molar-refractivity contribution in [3.63, 3.8) is 0 Å². The number of carbonyl (C=O) groups is 1. The zero-order valence-electron chi connectivity index (χ0n) is 40.8. The van der Waals surface area contributed by atoms with E-state index in [-0.39, 0.29) is 19.1 Å². The molecular weight excluding hydrogens is 792 g/mol. The topological polar surface area (TPSA) is 105 Å². The third-order valence-electron chi connectivity index (χ3n) is 10.9. The maximum atomic E-state index is 12.9. The van der Waals surface area contributed by atoms with Gasteiger partial charge in [-0.2, -0.15) is 0 Å². The number of aliphatic hydroxyl groups excluding tert-OH is 1. The fourth-order valence-corrected chi connectivity index (χ4v) is 7.67. The molecule has 9 heteroatoms. The van der Waals surface area contributed by atoms with E-state index in [1.807, 2.05) is 27.2 Å². The molecule has 0 radical (unpaired) electrons. The lowest BCUT2D eigenvalue weighted by atomic mass is 10.0. The van der Waals surface area contributed by atoms with E-state index in [0.29, 0.717) is 17.4 Å². The summed E-state index contributed by atoms with van der Waals surface area (Å²) in [6.07, 6.45) is 59.8. The highest BCUT2D eigenvalue weighted by molar-refractivity contribution is 7.47. The zero-order valence-corrected chi connectivity index (χ0v) is 41.7. The number of likely N-dealkylation sites (N-methyl/N-ethyl adjacent to an activating group) is 1. The van der Waals surface area contributed by atoms with Gasteiger partial charge < -0.3 is 19.8 Å². The third kappa shape index (κ3) is 45.9. The molecule has 8 nitrogen and oxygen atoms in total. The van der Waals surface area contributed by atoms with Gasteiger partial charge in [0.25, 0.3) is 0 Å². The first kappa shape index (κ1) is 59.9. The Labute approximate surface area is 383 Å². The van der Waals surface area contributed by atoms with Crippen molar-refractivity contribution >= 4 is 13.7 Å². The molecule has 0 aliphatic heterocycles. The van der Waals surface area contributed by atoms with Gasteiger partial charge in [0.1, 0.15) is 13.2 Å². The van der Waals surface area contributed by atoms with Crippen molar-refractivity contribution in [2.24, 2.45) is 0 Å². The van der Waals surface area contributed by atoms with Crippen LogP contribution in [0.15, 0.2) is 72.9 Å². The number of nitrogens with one attached hydrogen (secondary N) is 1. The van der Waals surface area contributed by atoms with Crippen LogP contribution >= 0.6 is 7.82 Å². The number of quaternary nitrogens is 1. The van der Waals surface area contributed by atoms with E-state index >= 15 is 0 Å². The van der Waals surface area contributed by atoms with Gasteiger partial charge in [-0.3, -0.25) is 13.8 Å². The second-order valence-corrected chi connectivity index (χ2v) is 19.6. The predicted molar refractivity (Wildman–Crippen MR) is 267 cm³/mol. The minimum atomic E-state index is -4.35. The number of amides is 1. The van der Waals surface area contributed by atoms with Gasteiger partial charge in [-0.15, -0.1) is 0 Å². The molecule has 62 heavy (non-hydrogen) atoms. The average Bonchev–Trinajstić information content (AvgIpc) is 3.23. The van der Waals surface area contributed by atoms with Crippen LogP contribution in [0.3, 0.4) is 0 Å². The van der Waals surface area contributed by atoms with Gasteiger partial charge in [0.05, 0.1) is 39.9 Å². The number of phosphoric ester groups is 1. The Bertz CT molecular complexity index is 1240. The zero-order chi connectivity index (χ0) is 45.7. The Kier molecular flexibility index (Phi) is 42.7. The summed E-state index contributed by atoms with van der Waals surface area (Å²) in [6, 6.07) is -0.867. The lowest BCUT2D eigenvalue weighted by Crippen LogP contribution is -2.45. The molecule has 0 saturated carbocycles. The van der Waals surface area contributed by atoms with Crippen LogP contribution in [0.2, 0.25) is 0 Å². The molecule has 0 heterocycles. The summed E-state index contributed by atoms with van der Waals surface area (Å²) in [6.45, 7) is 4.67. The fraction of sp³-hybridized carbons (Fsp3) is 0.755. The van der Waals surface area contributed by atoms with Crippen molar-refractivity contribution in [2.45, 2.75) is 219 Å². The van der Waals surface area contributed by atoms with Gasteiger partial charge in [0.15, 0.2) is 0 Å². The predicted octanol–water partition coefficient (Wildman–Crippen LogP) is 14.8. The smallest absolute Gasteiger partial charge is 0.387 e.